The van der Waals surface area contributed by atoms with Gasteiger partial charge in [-0.1, -0.05) is 20.8 Å². The molecule has 0 aromatic heterocycles. The number of carbonyl (C=O) groups is 1. The van der Waals surface area contributed by atoms with E-state index in [1.54, 1.807) is 0 Å². The molecule has 1 N–H and O–H groups in total. The van der Waals surface area contributed by atoms with Crippen molar-refractivity contribution in [3.63, 3.8) is 0 Å². The van der Waals surface area contributed by atoms with Gasteiger partial charge < -0.3 is 5.32 Å². The van der Waals surface area contributed by atoms with Gasteiger partial charge in [0.15, 0.2) is 0 Å². The molecule has 0 bridgehead atoms. The lowest BCUT2D eigenvalue weighted by Gasteiger charge is -2.18. The van der Waals surface area contributed by atoms with Crippen LogP contribution >= 0.6 is 0 Å². The van der Waals surface area contributed by atoms with Crippen LogP contribution in [-0.4, -0.2) is 44.5 Å². The quantitative estimate of drug-likeness (QED) is 0.706. The third kappa shape index (κ3) is 8.15. The van der Waals surface area contributed by atoms with Crippen LogP contribution in [0.2, 0.25) is 0 Å². The molecule has 0 aliphatic carbocycles. The predicted octanol–water partition coefficient (Wildman–Crippen LogP) is 0.820. The Morgan fingerprint density at radius 2 is 1.88 bits per heavy atom. The molecule has 0 radical (unpaired) electrons. The van der Waals surface area contributed by atoms with Gasteiger partial charge in [-0.05, 0) is 12.3 Å². The molecular weight excluding hydrogens is 240 g/mol. The van der Waals surface area contributed by atoms with Crippen molar-refractivity contribution >= 4 is 15.9 Å². The predicted molar refractivity (Wildman–Crippen MR) is 69.2 cm³/mol. The van der Waals surface area contributed by atoms with Crippen LogP contribution in [0.15, 0.2) is 0 Å². The van der Waals surface area contributed by atoms with Gasteiger partial charge in [-0.3, -0.25) is 4.79 Å². The third-order valence-electron chi connectivity index (χ3n) is 2.24. The SMILES string of the molecule is CCCN(CCC(=O)NCC(C)C)S(C)(=O)=O. The monoisotopic (exact) mass is 264 g/mol. The fourth-order valence-corrected chi connectivity index (χ4v) is 2.26. The molecule has 0 rings (SSSR count). The van der Waals surface area contributed by atoms with Crippen molar-refractivity contribution in [1.29, 1.82) is 0 Å². The Bertz CT molecular complexity index is 326. The number of amides is 1. The first-order valence-electron chi connectivity index (χ1n) is 5.99. The molecule has 0 aliphatic heterocycles. The van der Waals surface area contributed by atoms with Crippen molar-refractivity contribution in [2.45, 2.75) is 33.6 Å². The molecule has 0 heterocycles. The Balaban J connectivity index is 4.09. The maximum Gasteiger partial charge on any atom is 0.221 e. The second kappa shape index (κ2) is 7.66. The molecule has 0 fully saturated rings. The summed E-state index contributed by atoms with van der Waals surface area (Å²) in [5.41, 5.74) is 0. The van der Waals surface area contributed by atoms with Crippen LogP contribution in [0.1, 0.15) is 33.6 Å². The molecule has 0 atom stereocenters. The van der Waals surface area contributed by atoms with Gasteiger partial charge in [0.2, 0.25) is 15.9 Å². The minimum absolute atomic E-state index is 0.0940. The molecule has 0 spiro atoms. The zero-order valence-corrected chi connectivity index (χ0v) is 12.0. The largest absolute Gasteiger partial charge is 0.356 e. The van der Waals surface area contributed by atoms with E-state index in [0.717, 1.165) is 6.42 Å². The van der Waals surface area contributed by atoms with Gasteiger partial charge in [-0.15, -0.1) is 0 Å². The maximum atomic E-state index is 11.5. The van der Waals surface area contributed by atoms with Crippen LogP contribution < -0.4 is 5.32 Å². The highest BCUT2D eigenvalue weighted by molar-refractivity contribution is 7.88. The first-order valence-corrected chi connectivity index (χ1v) is 7.84. The summed E-state index contributed by atoms with van der Waals surface area (Å²) in [5, 5.41) is 2.77. The van der Waals surface area contributed by atoms with E-state index in [1.165, 1.54) is 10.6 Å². The smallest absolute Gasteiger partial charge is 0.221 e. The number of nitrogens with one attached hydrogen (secondary N) is 1. The van der Waals surface area contributed by atoms with E-state index in [0.29, 0.717) is 19.0 Å². The summed E-state index contributed by atoms with van der Waals surface area (Å²) in [6.07, 6.45) is 2.15. The Labute approximate surface area is 105 Å². The summed E-state index contributed by atoms with van der Waals surface area (Å²) in [5.74, 6) is 0.309. The molecule has 0 aliphatic rings. The van der Waals surface area contributed by atoms with Gasteiger partial charge in [-0.25, -0.2) is 12.7 Å². The van der Waals surface area contributed by atoms with Crippen molar-refractivity contribution in [3.8, 4) is 0 Å². The van der Waals surface area contributed by atoms with Crippen molar-refractivity contribution in [2.24, 2.45) is 5.92 Å². The van der Waals surface area contributed by atoms with Crippen molar-refractivity contribution in [1.82, 2.24) is 9.62 Å². The normalized spacial score (nSPS) is 12.1. The lowest BCUT2D eigenvalue weighted by molar-refractivity contribution is -0.121. The van der Waals surface area contributed by atoms with E-state index in [-0.39, 0.29) is 18.9 Å². The molecule has 17 heavy (non-hydrogen) atoms. The summed E-state index contributed by atoms with van der Waals surface area (Å²) in [7, 11) is -3.20. The van der Waals surface area contributed by atoms with Gasteiger partial charge in [0.25, 0.3) is 0 Å². The minimum Gasteiger partial charge on any atom is -0.356 e. The topological polar surface area (TPSA) is 66.5 Å². The minimum atomic E-state index is -3.20. The maximum absolute atomic E-state index is 11.5. The summed E-state index contributed by atoms with van der Waals surface area (Å²) in [6.45, 7) is 7.30. The highest BCUT2D eigenvalue weighted by Gasteiger charge is 2.16. The van der Waals surface area contributed by atoms with Crippen molar-refractivity contribution in [2.75, 3.05) is 25.9 Å². The number of sulfonamides is 1. The molecule has 0 saturated heterocycles. The molecule has 0 unspecified atom stereocenters. The van der Waals surface area contributed by atoms with Crippen LogP contribution in [0.3, 0.4) is 0 Å². The third-order valence-corrected chi connectivity index (χ3v) is 3.54. The Morgan fingerprint density at radius 3 is 2.29 bits per heavy atom. The first-order chi connectivity index (χ1) is 7.77. The second-order valence-corrected chi connectivity index (χ2v) is 6.59. The van der Waals surface area contributed by atoms with Crippen LogP contribution in [0.5, 0.6) is 0 Å². The van der Waals surface area contributed by atoms with Crippen molar-refractivity contribution in [3.05, 3.63) is 0 Å². The van der Waals surface area contributed by atoms with Gasteiger partial charge in [0, 0.05) is 26.1 Å². The summed E-state index contributed by atoms with van der Waals surface area (Å²) < 4.78 is 24.1. The second-order valence-electron chi connectivity index (χ2n) is 4.61. The Morgan fingerprint density at radius 1 is 1.29 bits per heavy atom. The van der Waals surface area contributed by atoms with E-state index < -0.39 is 10.0 Å². The van der Waals surface area contributed by atoms with Gasteiger partial charge in [-0.2, -0.15) is 0 Å². The molecule has 0 aromatic carbocycles. The van der Waals surface area contributed by atoms with E-state index in [4.69, 9.17) is 0 Å². The Hall–Kier alpha value is -0.620. The molecule has 0 saturated carbocycles. The van der Waals surface area contributed by atoms with Gasteiger partial charge in [0.05, 0.1) is 6.26 Å². The molecule has 5 nitrogen and oxygen atoms in total. The van der Waals surface area contributed by atoms with Crippen LogP contribution in [0, 0.1) is 5.92 Å². The highest BCUT2D eigenvalue weighted by atomic mass is 32.2. The number of rotatable bonds is 8. The highest BCUT2D eigenvalue weighted by Crippen LogP contribution is 2.01. The summed E-state index contributed by atoms with van der Waals surface area (Å²) in [6, 6.07) is 0. The first kappa shape index (κ1) is 16.4. The average molecular weight is 264 g/mol. The van der Waals surface area contributed by atoms with E-state index in [2.05, 4.69) is 5.32 Å². The van der Waals surface area contributed by atoms with Crippen LogP contribution in [0.4, 0.5) is 0 Å². The number of nitrogens with zero attached hydrogens (tertiary/aromatic N) is 1. The lowest BCUT2D eigenvalue weighted by atomic mass is 10.2. The van der Waals surface area contributed by atoms with E-state index in [1.807, 2.05) is 20.8 Å². The average Bonchev–Trinajstić information content (AvgIpc) is 2.19. The van der Waals surface area contributed by atoms with Crippen LogP contribution in [-0.2, 0) is 14.8 Å². The Kier molecular flexibility index (Phi) is 7.38. The number of hydrogen-bond acceptors (Lipinski definition) is 3. The van der Waals surface area contributed by atoms with E-state index in [9.17, 15) is 13.2 Å². The molecular formula is C11H24N2O3S. The molecule has 1 amide bonds. The van der Waals surface area contributed by atoms with E-state index >= 15 is 0 Å². The summed E-state index contributed by atoms with van der Waals surface area (Å²) in [4.78, 5) is 11.5. The standard InChI is InChI=1S/C11H24N2O3S/c1-5-7-13(17(4,15)16)8-6-11(14)12-9-10(2)3/h10H,5-9H2,1-4H3,(H,12,14). The fraction of sp³-hybridized carbons (Fsp3) is 0.909. The molecule has 6 heteroatoms. The zero-order chi connectivity index (χ0) is 13.5. The summed E-state index contributed by atoms with van der Waals surface area (Å²) >= 11 is 0. The number of carbonyl (C=O) groups excluding carboxylic acids is 1. The number of hydrogen-bond donors (Lipinski definition) is 1. The van der Waals surface area contributed by atoms with Gasteiger partial charge in [0.1, 0.15) is 0 Å². The molecule has 102 valence electrons. The zero-order valence-electron chi connectivity index (χ0n) is 11.2. The van der Waals surface area contributed by atoms with Crippen LogP contribution in [0.25, 0.3) is 0 Å². The lowest BCUT2D eigenvalue weighted by Crippen LogP contribution is -2.35. The van der Waals surface area contributed by atoms with Gasteiger partial charge >= 0.3 is 0 Å². The molecule has 0 aromatic rings. The fourth-order valence-electron chi connectivity index (χ4n) is 1.33. The van der Waals surface area contributed by atoms with Crippen molar-refractivity contribution < 1.29 is 13.2 Å².